The summed E-state index contributed by atoms with van der Waals surface area (Å²) in [6, 6.07) is 0. The molecule has 1 heterocycles. The third-order valence-corrected chi connectivity index (χ3v) is 11.2. The Kier molecular flexibility index (Phi) is 46.7. The van der Waals surface area contributed by atoms with E-state index in [0.717, 1.165) is 83.5 Å². The Morgan fingerprint density at radius 2 is 0.747 bits per heavy atom. The van der Waals surface area contributed by atoms with Crippen LogP contribution in [0.4, 0.5) is 0 Å². The molecule has 0 aromatic rings. The number of ether oxygens (including phenoxy) is 5. The highest BCUT2D eigenvalue weighted by Gasteiger charge is 2.50. The minimum absolute atomic E-state index is 0.0538. The van der Waals surface area contributed by atoms with Crippen LogP contribution in [0.15, 0.2) is 194 Å². The first kappa shape index (κ1) is 70.6. The molecule has 0 radical (unpaired) electrons. The van der Waals surface area contributed by atoms with E-state index in [2.05, 4.69) is 148 Å². The molecule has 0 bridgehead atoms. The Labute approximate surface area is 473 Å². The van der Waals surface area contributed by atoms with Gasteiger partial charge in [-0.25, -0.2) is 4.79 Å². The summed E-state index contributed by atoms with van der Waals surface area (Å²) >= 11 is 0. The molecule has 6 atom stereocenters. The van der Waals surface area contributed by atoms with Gasteiger partial charge in [0.05, 0.1) is 19.4 Å². The van der Waals surface area contributed by atoms with Crippen molar-refractivity contribution in [2.24, 2.45) is 0 Å². The van der Waals surface area contributed by atoms with Crippen LogP contribution in [-0.2, 0) is 42.9 Å². The number of hydrogen-bond acceptors (Lipinski definition) is 11. The molecule has 12 nitrogen and oxygen atoms in total. The number of allylic oxidation sites excluding steroid dienone is 30. The number of aliphatic hydroxyl groups is 2. The Morgan fingerprint density at radius 3 is 1.10 bits per heavy atom. The van der Waals surface area contributed by atoms with Gasteiger partial charge in [-0.15, -0.1) is 0 Å². The Balaban J connectivity index is 2.87. The van der Waals surface area contributed by atoms with E-state index in [0.29, 0.717) is 25.7 Å². The van der Waals surface area contributed by atoms with Crippen molar-refractivity contribution in [3.63, 3.8) is 0 Å². The standard InChI is InChI=1S/C67H94O12/c1-4-7-10-13-16-19-22-25-28-29-30-31-34-37-40-43-46-49-52-55-61(70)78-65-63(72)62(71)64(66(73)74)79-67(65)76-57-58(77-60(69)54-51-48-45-42-39-36-33-27-24-21-18-15-12-9-6-3)56-75-59(68)53-50-47-44-41-38-35-32-26-23-20-17-14-11-8-5-2/h7-12,16-21,25-28,30-33,37-42,46-51,58,62-65,67,71-72H,4-6,13-15,22-24,29,34-36,43-45,52-57H2,1-3H3,(H,73,74)/b10-7-,11-8-,12-9-,19-16-,20-17-,21-18-,28-25-,31-30-,32-26-,33-27-,40-37-,41-38-,42-39-,49-46-,50-47-,51-48-. The van der Waals surface area contributed by atoms with Gasteiger partial charge in [-0.2, -0.15) is 0 Å². The smallest absolute Gasteiger partial charge is 0.335 e. The Bertz CT molecular complexity index is 2120. The number of aliphatic hydroxyl groups excluding tert-OH is 2. The highest BCUT2D eigenvalue weighted by molar-refractivity contribution is 5.74. The summed E-state index contributed by atoms with van der Waals surface area (Å²) in [7, 11) is 0. The van der Waals surface area contributed by atoms with Crippen LogP contribution in [0.25, 0.3) is 0 Å². The minimum Gasteiger partial charge on any atom is -0.479 e. The maximum atomic E-state index is 13.1. The van der Waals surface area contributed by atoms with E-state index in [1.54, 1.807) is 12.2 Å². The van der Waals surface area contributed by atoms with Crippen LogP contribution in [0, 0.1) is 0 Å². The topological polar surface area (TPSA) is 175 Å². The van der Waals surface area contributed by atoms with Crippen molar-refractivity contribution in [1.82, 2.24) is 0 Å². The van der Waals surface area contributed by atoms with E-state index >= 15 is 0 Å². The van der Waals surface area contributed by atoms with Crippen molar-refractivity contribution in [2.45, 2.75) is 186 Å². The number of aliphatic carboxylic acids is 1. The SMILES string of the molecule is CC/C=C\C/C=C\C/C=C\C/C=C\C/C=C\C/C=C\CCC(=O)OC1C(OCC(COC(=O)C/C=C\C/C=C\C/C=C\C/C=C\C/C=C\CC)OC(=O)C/C=C\C/C=C\C/C=C\C/C=C\C/C=C\CC)OC(C(=O)O)C(O)C1O. The molecule has 0 aliphatic carbocycles. The van der Waals surface area contributed by atoms with Crippen LogP contribution in [0.2, 0.25) is 0 Å². The Hall–Kier alpha value is -6.44. The monoisotopic (exact) mass is 1090 g/mol. The lowest BCUT2D eigenvalue weighted by atomic mass is 9.98. The molecule has 1 aliphatic rings. The van der Waals surface area contributed by atoms with E-state index in [-0.39, 0.29) is 19.3 Å². The van der Waals surface area contributed by atoms with Crippen LogP contribution in [0.3, 0.4) is 0 Å². The molecule has 1 rings (SSSR count). The molecule has 1 aliphatic heterocycles. The minimum atomic E-state index is -1.97. The van der Waals surface area contributed by atoms with Gasteiger partial charge in [-0.3, -0.25) is 14.4 Å². The summed E-state index contributed by atoms with van der Waals surface area (Å²) in [6.45, 7) is 5.40. The van der Waals surface area contributed by atoms with Crippen molar-refractivity contribution in [1.29, 1.82) is 0 Å². The number of rotatable bonds is 44. The quantitative estimate of drug-likeness (QED) is 0.0300. The average Bonchev–Trinajstić information content (AvgIpc) is 3.44. The highest BCUT2D eigenvalue weighted by atomic mass is 16.7. The molecular formula is C67H94O12. The van der Waals surface area contributed by atoms with E-state index in [4.69, 9.17) is 23.7 Å². The lowest BCUT2D eigenvalue weighted by Crippen LogP contribution is -2.61. The molecular weight excluding hydrogens is 997 g/mol. The van der Waals surface area contributed by atoms with E-state index < -0.39 is 73.9 Å². The van der Waals surface area contributed by atoms with Crippen LogP contribution >= 0.6 is 0 Å². The number of carboxylic acids is 1. The first-order valence-electron chi connectivity index (χ1n) is 28.4. The average molecular weight is 1090 g/mol. The second-order valence-corrected chi connectivity index (χ2v) is 18.1. The van der Waals surface area contributed by atoms with Crippen LogP contribution in [-0.4, -0.2) is 89.2 Å². The van der Waals surface area contributed by atoms with Crippen molar-refractivity contribution >= 4 is 23.9 Å². The molecule has 12 heteroatoms. The molecule has 1 fully saturated rings. The van der Waals surface area contributed by atoms with Gasteiger partial charge in [0.1, 0.15) is 18.8 Å². The molecule has 3 N–H and O–H groups in total. The van der Waals surface area contributed by atoms with Crippen molar-refractivity contribution in [2.75, 3.05) is 13.2 Å². The molecule has 0 saturated carbocycles. The maximum Gasteiger partial charge on any atom is 0.335 e. The summed E-state index contributed by atoms with van der Waals surface area (Å²) in [4.78, 5) is 50.9. The van der Waals surface area contributed by atoms with Gasteiger partial charge >= 0.3 is 23.9 Å². The second kappa shape index (κ2) is 52.3. The summed E-state index contributed by atoms with van der Waals surface area (Å²) in [6.07, 6.45) is 69.0. The lowest BCUT2D eigenvalue weighted by Gasteiger charge is -2.40. The van der Waals surface area contributed by atoms with Crippen LogP contribution in [0.1, 0.15) is 149 Å². The van der Waals surface area contributed by atoms with Gasteiger partial charge in [0.15, 0.2) is 24.6 Å². The molecule has 434 valence electrons. The largest absolute Gasteiger partial charge is 0.479 e. The predicted molar refractivity (Wildman–Crippen MR) is 321 cm³/mol. The van der Waals surface area contributed by atoms with Crippen LogP contribution in [0.5, 0.6) is 0 Å². The predicted octanol–water partition coefficient (Wildman–Crippen LogP) is 14.7. The fourth-order valence-corrected chi connectivity index (χ4v) is 7.01. The third-order valence-electron chi connectivity index (χ3n) is 11.2. The van der Waals surface area contributed by atoms with Crippen LogP contribution < -0.4 is 0 Å². The number of carbonyl (C=O) groups excluding carboxylic acids is 3. The zero-order valence-electron chi connectivity index (χ0n) is 47.5. The van der Waals surface area contributed by atoms with Gasteiger partial charge in [0.25, 0.3) is 0 Å². The number of carboxylic acid groups (broad SMARTS) is 1. The number of esters is 3. The molecule has 79 heavy (non-hydrogen) atoms. The fraction of sp³-hybridized carbons (Fsp3) is 0.463. The van der Waals surface area contributed by atoms with E-state index in [1.807, 2.05) is 54.7 Å². The van der Waals surface area contributed by atoms with Crippen molar-refractivity contribution in [3.8, 4) is 0 Å². The molecule has 6 unspecified atom stereocenters. The first-order valence-corrected chi connectivity index (χ1v) is 28.4. The molecule has 0 amide bonds. The van der Waals surface area contributed by atoms with Crippen molar-refractivity contribution in [3.05, 3.63) is 194 Å². The fourth-order valence-electron chi connectivity index (χ4n) is 7.01. The van der Waals surface area contributed by atoms with Gasteiger partial charge in [-0.1, -0.05) is 215 Å². The van der Waals surface area contributed by atoms with Gasteiger partial charge in [0, 0.05) is 6.42 Å². The van der Waals surface area contributed by atoms with E-state index in [9.17, 15) is 34.5 Å². The normalized spacial score (nSPS) is 19.3. The molecule has 0 spiro atoms. The molecule has 1 saturated heterocycles. The van der Waals surface area contributed by atoms with Gasteiger partial charge < -0.3 is 39.0 Å². The number of hydrogen-bond donors (Lipinski definition) is 3. The molecule has 0 aromatic heterocycles. The summed E-state index contributed by atoms with van der Waals surface area (Å²) in [5.74, 6) is -3.61. The first-order chi connectivity index (χ1) is 38.6. The zero-order chi connectivity index (χ0) is 57.5. The highest BCUT2D eigenvalue weighted by Crippen LogP contribution is 2.26. The zero-order valence-corrected chi connectivity index (χ0v) is 47.5. The lowest BCUT2D eigenvalue weighted by molar-refractivity contribution is -0.301. The van der Waals surface area contributed by atoms with Crippen molar-refractivity contribution < 1.29 is 58.2 Å². The summed E-state index contributed by atoms with van der Waals surface area (Å²) in [5, 5.41) is 31.4. The third kappa shape index (κ3) is 42.2. The van der Waals surface area contributed by atoms with Gasteiger partial charge in [0.2, 0.25) is 0 Å². The van der Waals surface area contributed by atoms with Gasteiger partial charge in [-0.05, 0) is 109 Å². The summed E-state index contributed by atoms with van der Waals surface area (Å²) in [5.41, 5.74) is 0. The second-order valence-electron chi connectivity index (χ2n) is 18.1. The maximum absolute atomic E-state index is 13.1. The Morgan fingerprint density at radius 1 is 0.418 bits per heavy atom. The molecule has 0 aromatic carbocycles. The van der Waals surface area contributed by atoms with E-state index in [1.165, 1.54) is 0 Å². The number of carbonyl (C=O) groups is 4. The summed E-state index contributed by atoms with van der Waals surface area (Å²) < 4.78 is 28.0.